The van der Waals surface area contributed by atoms with Gasteiger partial charge in [0.1, 0.15) is 22.8 Å². The van der Waals surface area contributed by atoms with Crippen molar-refractivity contribution in [1.29, 1.82) is 0 Å². The molecule has 0 saturated carbocycles. The molecular formula is C15H14FN3S. The third kappa shape index (κ3) is 2.36. The SMILES string of the molecule is CC(C)Nc1ncnc2scc(-c3ccc(F)cc3)c12. The Kier molecular flexibility index (Phi) is 3.36. The van der Waals surface area contributed by atoms with Crippen molar-refractivity contribution in [3.8, 4) is 11.1 Å². The van der Waals surface area contributed by atoms with Crippen molar-refractivity contribution in [2.45, 2.75) is 19.9 Å². The van der Waals surface area contributed by atoms with E-state index in [4.69, 9.17) is 0 Å². The van der Waals surface area contributed by atoms with Crippen LogP contribution in [0.5, 0.6) is 0 Å². The van der Waals surface area contributed by atoms with E-state index in [1.807, 2.05) is 5.38 Å². The van der Waals surface area contributed by atoms with Crippen molar-refractivity contribution < 1.29 is 4.39 Å². The molecule has 1 aromatic carbocycles. The predicted octanol–water partition coefficient (Wildman–Crippen LogP) is 4.32. The van der Waals surface area contributed by atoms with Gasteiger partial charge in [-0.1, -0.05) is 12.1 Å². The van der Waals surface area contributed by atoms with Crippen LogP contribution in [0.25, 0.3) is 21.3 Å². The number of hydrogen-bond acceptors (Lipinski definition) is 4. The average Bonchev–Trinajstić information content (AvgIpc) is 2.84. The number of halogens is 1. The lowest BCUT2D eigenvalue weighted by molar-refractivity contribution is 0.628. The van der Waals surface area contributed by atoms with Crippen molar-refractivity contribution in [1.82, 2.24) is 9.97 Å². The zero-order valence-electron chi connectivity index (χ0n) is 11.2. The van der Waals surface area contributed by atoms with E-state index in [0.29, 0.717) is 0 Å². The van der Waals surface area contributed by atoms with Crippen LogP contribution in [-0.2, 0) is 0 Å². The Balaban J connectivity index is 2.18. The van der Waals surface area contributed by atoms with E-state index in [9.17, 15) is 4.39 Å². The first-order chi connectivity index (χ1) is 9.65. The molecular weight excluding hydrogens is 273 g/mol. The van der Waals surface area contributed by atoms with Gasteiger partial charge >= 0.3 is 0 Å². The van der Waals surface area contributed by atoms with E-state index in [1.165, 1.54) is 12.1 Å². The molecule has 0 amide bonds. The molecule has 20 heavy (non-hydrogen) atoms. The van der Waals surface area contributed by atoms with E-state index < -0.39 is 0 Å². The lowest BCUT2D eigenvalue weighted by atomic mass is 10.1. The maximum atomic E-state index is 13.1. The fourth-order valence-corrected chi connectivity index (χ4v) is 3.02. The van der Waals surface area contributed by atoms with Crippen LogP contribution < -0.4 is 5.32 Å². The summed E-state index contributed by atoms with van der Waals surface area (Å²) in [5.74, 6) is 0.593. The molecule has 0 spiro atoms. The second kappa shape index (κ2) is 5.17. The number of nitrogens with one attached hydrogen (secondary N) is 1. The molecule has 0 atom stereocenters. The minimum atomic E-state index is -0.231. The molecule has 0 aliphatic rings. The van der Waals surface area contributed by atoms with Gasteiger partial charge in [-0.05, 0) is 31.5 Å². The molecule has 0 aliphatic heterocycles. The molecule has 0 unspecified atom stereocenters. The summed E-state index contributed by atoms with van der Waals surface area (Å²) in [5.41, 5.74) is 2.01. The Labute approximate surface area is 120 Å². The summed E-state index contributed by atoms with van der Waals surface area (Å²) in [6.07, 6.45) is 1.57. The monoisotopic (exact) mass is 287 g/mol. The maximum absolute atomic E-state index is 13.1. The second-order valence-corrected chi connectivity index (χ2v) is 5.72. The van der Waals surface area contributed by atoms with Gasteiger partial charge in [-0.25, -0.2) is 14.4 Å². The lowest BCUT2D eigenvalue weighted by Crippen LogP contribution is -2.11. The first kappa shape index (κ1) is 13.0. The largest absolute Gasteiger partial charge is 0.367 e. The smallest absolute Gasteiger partial charge is 0.139 e. The number of thiophene rings is 1. The van der Waals surface area contributed by atoms with Crippen molar-refractivity contribution >= 4 is 27.4 Å². The molecule has 0 radical (unpaired) electrons. The van der Waals surface area contributed by atoms with Crippen LogP contribution in [0.15, 0.2) is 36.0 Å². The molecule has 102 valence electrons. The van der Waals surface area contributed by atoms with Crippen LogP contribution >= 0.6 is 11.3 Å². The number of anilines is 1. The highest BCUT2D eigenvalue weighted by Crippen LogP contribution is 2.36. The van der Waals surface area contributed by atoms with Gasteiger partial charge in [-0.3, -0.25) is 0 Å². The Morgan fingerprint density at radius 3 is 2.60 bits per heavy atom. The zero-order valence-corrected chi connectivity index (χ0v) is 12.0. The summed E-state index contributed by atoms with van der Waals surface area (Å²) < 4.78 is 13.1. The number of rotatable bonds is 3. The molecule has 2 aromatic heterocycles. The normalized spacial score (nSPS) is 11.2. The summed E-state index contributed by atoms with van der Waals surface area (Å²) in [5, 5.41) is 6.37. The summed E-state index contributed by atoms with van der Waals surface area (Å²) in [4.78, 5) is 9.57. The van der Waals surface area contributed by atoms with Gasteiger partial charge in [0.15, 0.2) is 0 Å². The van der Waals surface area contributed by atoms with Gasteiger partial charge in [0.2, 0.25) is 0 Å². The molecule has 0 aliphatic carbocycles. The molecule has 0 bridgehead atoms. The zero-order chi connectivity index (χ0) is 14.1. The van der Waals surface area contributed by atoms with Crippen molar-refractivity contribution in [2.24, 2.45) is 0 Å². The highest BCUT2D eigenvalue weighted by molar-refractivity contribution is 7.17. The third-order valence-electron chi connectivity index (χ3n) is 2.95. The fraction of sp³-hybridized carbons (Fsp3) is 0.200. The van der Waals surface area contributed by atoms with Gasteiger partial charge < -0.3 is 5.32 Å². The van der Waals surface area contributed by atoms with Crippen LogP contribution in [0.3, 0.4) is 0 Å². The second-order valence-electron chi connectivity index (χ2n) is 4.86. The third-order valence-corrected chi connectivity index (χ3v) is 3.84. The van der Waals surface area contributed by atoms with E-state index in [2.05, 4.69) is 29.1 Å². The molecule has 0 saturated heterocycles. The number of benzene rings is 1. The maximum Gasteiger partial charge on any atom is 0.139 e. The van der Waals surface area contributed by atoms with Crippen molar-refractivity contribution in [2.75, 3.05) is 5.32 Å². The predicted molar refractivity (Wildman–Crippen MR) is 81.6 cm³/mol. The van der Waals surface area contributed by atoms with Crippen LogP contribution in [-0.4, -0.2) is 16.0 Å². The molecule has 2 heterocycles. The van der Waals surface area contributed by atoms with Gasteiger partial charge in [-0.2, -0.15) is 0 Å². The van der Waals surface area contributed by atoms with E-state index in [-0.39, 0.29) is 11.9 Å². The highest BCUT2D eigenvalue weighted by Gasteiger charge is 2.13. The molecule has 5 heteroatoms. The number of fused-ring (bicyclic) bond motifs is 1. The number of hydrogen-bond donors (Lipinski definition) is 1. The summed E-state index contributed by atoms with van der Waals surface area (Å²) >= 11 is 1.57. The first-order valence-electron chi connectivity index (χ1n) is 6.40. The fourth-order valence-electron chi connectivity index (χ4n) is 2.10. The average molecular weight is 287 g/mol. The Morgan fingerprint density at radius 1 is 1.15 bits per heavy atom. The Hall–Kier alpha value is -2.01. The van der Waals surface area contributed by atoms with Gasteiger partial charge in [0.25, 0.3) is 0 Å². The summed E-state index contributed by atoms with van der Waals surface area (Å²) in [7, 11) is 0. The van der Waals surface area contributed by atoms with Crippen LogP contribution in [0, 0.1) is 5.82 Å². The first-order valence-corrected chi connectivity index (χ1v) is 7.28. The minimum Gasteiger partial charge on any atom is -0.367 e. The molecule has 3 aromatic rings. The van der Waals surface area contributed by atoms with Crippen molar-refractivity contribution in [3.05, 3.63) is 41.8 Å². The van der Waals surface area contributed by atoms with E-state index in [1.54, 1.807) is 29.8 Å². The minimum absolute atomic E-state index is 0.231. The highest BCUT2D eigenvalue weighted by atomic mass is 32.1. The quantitative estimate of drug-likeness (QED) is 0.779. The number of nitrogens with zero attached hydrogens (tertiary/aromatic N) is 2. The molecule has 0 fully saturated rings. The summed E-state index contributed by atoms with van der Waals surface area (Å²) in [6.45, 7) is 4.13. The van der Waals surface area contributed by atoms with Gasteiger partial charge in [0.05, 0.1) is 5.39 Å². The van der Waals surface area contributed by atoms with Crippen LogP contribution in [0.4, 0.5) is 10.2 Å². The topological polar surface area (TPSA) is 37.8 Å². The van der Waals surface area contributed by atoms with Crippen LogP contribution in [0.1, 0.15) is 13.8 Å². The van der Waals surface area contributed by atoms with Gasteiger partial charge in [-0.15, -0.1) is 11.3 Å². The Morgan fingerprint density at radius 2 is 1.90 bits per heavy atom. The Bertz CT molecular complexity index is 734. The standard InChI is InChI=1S/C15H14FN3S/c1-9(2)19-14-13-12(7-20-15(13)18-8-17-14)10-3-5-11(16)6-4-10/h3-9H,1-2H3,(H,17,18,19). The molecule has 3 rings (SSSR count). The summed E-state index contributed by atoms with van der Waals surface area (Å²) in [6, 6.07) is 6.79. The van der Waals surface area contributed by atoms with E-state index in [0.717, 1.165) is 27.2 Å². The number of aromatic nitrogens is 2. The van der Waals surface area contributed by atoms with Crippen LogP contribution in [0.2, 0.25) is 0 Å². The van der Waals surface area contributed by atoms with Crippen molar-refractivity contribution in [3.63, 3.8) is 0 Å². The molecule has 3 nitrogen and oxygen atoms in total. The van der Waals surface area contributed by atoms with Gasteiger partial charge in [0, 0.05) is 17.0 Å². The molecule has 1 N–H and O–H groups in total. The van der Waals surface area contributed by atoms with E-state index >= 15 is 0 Å². The lowest BCUT2D eigenvalue weighted by Gasteiger charge is -2.11.